The molecule has 0 aliphatic carbocycles. The van der Waals surface area contributed by atoms with Crippen molar-refractivity contribution >= 4 is 0 Å². The van der Waals surface area contributed by atoms with Gasteiger partial charge >= 0.3 is 0 Å². The van der Waals surface area contributed by atoms with Gasteiger partial charge in [-0.3, -0.25) is 0 Å². The Balaban J connectivity index is 2.20. The Labute approximate surface area is 94.4 Å². The van der Waals surface area contributed by atoms with E-state index in [4.69, 9.17) is 14.6 Å². The van der Waals surface area contributed by atoms with Gasteiger partial charge in [-0.15, -0.1) is 0 Å². The predicted octanol–water partition coefficient (Wildman–Crippen LogP) is 1.26. The molecule has 0 unspecified atom stereocenters. The Bertz CT molecular complexity index is 364. The van der Waals surface area contributed by atoms with Crippen molar-refractivity contribution in [2.75, 3.05) is 13.2 Å². The smallest absolute Gasteiger partial charge is 0.162 e. The van der Waals surface area contributed by atoms with Crippen LogP contribution in [0.25, 0.3) is 0 Å². The average Bonchev–Trinajstić information content (AvgIpc) is 2.28. The van der Waals surface area contributed by atoms with Crippen LogP contribution in [0.15, 0.2) is 18.2 Å². The minimum absolute atomic E-state index is 0.0257. The number of hydrogen-bond donors (Lipinski definition) is 2. The Morgan fingerprint density at radius 3 is 3.00 bits per heavy atom. The monoisotopic (exact) mass is 224 g/mol. The van der Waals surface area contributed by atoms with Crippen LogP contribution >= 0.6 is 0 Å². The van der Waals surface area contributed by atoms with Crippen LogP contribution in [0.4, 0.5) is 0 Å². The van der Waals surface area contributed by atoms with E-state index in [0.29, 0.717) is 24.5 Å². The zero-order chi connectivity index (χ0) is 11.5. The molecule has 0 radical (unpaired) electrons. The molecule has 2 rings (SSSR count). The molecule has 0 bridgehead atoms. The van der Waals surface area contributed by atoms with Crippen molar-refractivity contribution in [3.8, 4) is 11.5 Å². The molecule has 1 aromatic rings. The molecule has 0 amide bonds. The highest BCUT2D eigenvalue weighted by Gasteiger charge is 2.18. The second-order valence-corrected chi connectivity index (χ2v) is 3.97. The summed E-state index contributed by atoms with van der Waals surface area (Å²) in [5.74, 6) is 1.37. The number of aliphatic hydroxyl groups is 2. The summed E-state index contributed by atoms with van der Waals surface area (Å²) in [4.78, 5) is 0. The van der Waals surface area contributed by atoms with Crippen LogP contribution < -0.4 is 9.47 Å². The van der Waals surface area contributed by atoms with E-state index in [-0.39, 0.29) is 12.7 Å². The molecule has 1 aliphatic rings. The van der Waals surface area contributed by atoms with Gasteiger partial charge in [-0.05, 0) is 24.6 Å². The van der Waals surface area contributed by atoms with Crippen LogP contribution in [-0.4, -0.2) is 29.5 Å². The summed E-state index contributed by atoms with van der Waals surface area (Å²) in [6.45, 7) is 2.44. The minimum atomic E-state index is -0.656. The van der Waals surface area contributed by atoms with Crippen LogP contribution in [0, 0.1) is 0 Å². The Morgan fingerprint density at radius 1 is 1.44 bits per heavy atom. The number of aliphatic hydroxyl groups excluding tert-OH is 2. The topological polar surface area (TPSA) is 58.9 Å². The van der Waals surface area contributed by atoms with E-state index in [1.165, 1.54) is 0 Å². The molecule has 1 aromatic carbocycles. The average molecular weight is 224 g/mol. The fourth-order valence-electron chi connectivity index (χ4n) is 1.69. The van der Waals surface area contributed by atoms with Crippen molar-refractivity contribution in [1.29, 1.82) is 0 Å². The quantitative estimate of drug-likeness (QED) is 0.811. The summed E-state index contributed by atoms with van der Waals surface area (Å²) in [6.07, 6.45) is -0.302. The number of ether oxygens (including phenoxy) is 2. The van der Waals surface area contributed by atoms with Crippen molar-refractivity contribution in [2.24, 2.45) is 0 Å². The van der Waals surface area contributed by atoms with E-state index in [9.17, 15) is 5.11 Å². The summed E-state index contributed by atoms with van der Waals surface area (Å²) in [7, 11) is 0. The van der Waals surface area contributed by atoms with E-state index >= 15 is 0 Å². The molecule has 0 saturated carbocycles. The van der Waals surface area contributed by atoms with Crippen molar-refractivity contribution in [2.45, 2.75) is 25.6 Å². The molecule has 16 heavy (non-hydrogen) atoms. The molecule has 0 spiro atoms. The fourth-order valence-corrected chi connectivity index (χ4v) is 1.69. The molecule has 0 aromatic heterocycles. The molecule has 2 atom stereocenters. The number of rotatable bonds is 3. The zero-order valence-corrected chi connectivity index (χ0v) is 9.22. The van der Waals surface area contributed by atoms with Crippen LogP contribution in [0.5, 0.6) is 11.5 Å². The first kappa shape index (κ1) is 11.2. The largest absolute Gasteiger partial charge is 0.486 e. The first-order valence-electron chi connectivity index (χ1n) is 5.43. The van der Waals surface area contributed by atoms with Crippen LogP contribution in [0.1, 0.15) is 25.0 Å². The van der Waals surface area contributed by atoms with Gasteiger partial charge in [-0.25, -0.2) is 0 Å². The van der Waals surface area contributed by atoms with Gasteiger partial charge < -0.3 is 19.7 Å². The Hall–Kier alpha value is -1.26. The third-order valence-corrected chi connectivity index (χ3v) is 2.56. The van der Waals surface area contributed by atoms with Crippen molar-refractivity contribution in [1.82, 2.24) is 0 Å². The normalized spacial score (nSPS) is 20.6. The second-order valence-electron chi connectivity index (χ2n) is 3.97. The van der Waals surface area contributed by atoms with Crippen LogP contribution in [0.3, 0.4) is 0 Å². The van der Waals surface area contributed by atoms with Gasteiger partial charge in [-0.2, -0.15) is 0 Å². The second kappa shape index (κ2) is 4.72. The van der Waals surface area contributed by atoms with Gasteiger partial charge in [0.2, 0.25) is 0 Å². The molecule has 4 nitrogen and oxygen atoms in total. The first-order chi connectivity index (χ1) is 7.70. The lowest BCUT2D eigenvalue weighted by molar-refractivity contribution is 0.102. The highest BCUT2D eigenvalue weighted by Crippen LogP contribution is 2.34. The van der Waals surface area contributed by atoms with Crippen molar-refractivity contribution in [3.05, 3.63) is 23.8 Å². The maximum Gasteiger partial charge on any atom is 0.162 e. The summed E-state index contributed by atoms with van der Waals surface area (Å²) in [5.41, 5.74) is 0.741. The maximum atomic E-state index is 9.73. The highest BCUT2D eigenvalue weighted by molar-refractivity contribution is 5.44. The lowest BCUT2D eigenvalue weighted by Gasteiger charge is -2.24. The molecular formula is C12H16O4. The SMILES string of the molecule is C[C@H]1COc2ccc([C@@H](O)CCO)cc2O1. The molecule has 1 aliphatic heterocycles. The number of benzene rings is 1. The lowest BCUT2D eigenvalue weighted by Crippen LogP contribution is -2.25. The van der Waals surface area contributed by atoms with Gasteiger partial charge in [-0.1, -0.05) is 6.07 Å². The highest BCUT2D eigenvalue weighted by atomic mass is 16.6. The van der Waals surface area contributed by atoms with E-state index in [2.05, 4.69) is 0 Å². The van der Waals surface area contributed by atoms with Crippen molar-refractivity contribution < 1.29 is 19.7 Å². The number of fused-ring (bicyclic) bond motifs is 1. The molecule has 88 valence electrons. The Kier molecular flexibility index (Phi) is 3.31. The third-order valence-electron chi connectivity index (χ3n) is 2.56. The van der Waals surface area contributed by atoms with Crippen LogP contribution in [0.2, 0.25) is 0 Å². The Morgan fingerprint density at radius 2 is 2.25 bits per heavy atom. The molecule has 4 heteroatoms. The van der Waals surface area contributed by atoms with Crippen molar-refractivity contribution in [3.63, 3.8) is 0 Å². The summed E-state index contributed by atoms with van der Waals surface area (Å²) in [5, 5.41) is 18.5. The summed E-state index contributed by atoms with van der Waals surface area (Å²) >= 11 is 0. The van der Waals surface area contributed by atoms with Gasteiger partial charge in [0.05, 0.1) is 6.10 Å². The number of hydrogen-bond acceptors (Lipinski definition) is 4. The van der Waals surface area contributed by atoms with E-state index in [0.717, 1.165) is 5.56 Å². The summed E-state index contributed by atoms with van der Waals surface area (Å²) < 4.78 is 11.1. The van der Waals surface area contributed by atoms with E-state index < -0.39 is 6.10 Å². The summed E-state index contributed by atoms with van der Waals surface area (Å²) in [6, 6.07) is 5.35. The van der Waals surface area contributed by atoms with Gasteiger partial charge in [0.15, 0.2) is 11.5 Å². The molecule has 1 heterocycles. The zero-order valence-electron chi connectivity index (χ0n) is 9.22. The van der Waals surface area contributed by atoms with E-state index in [1.807, 2.05) is 6.92 Å². The fraction of sp³-hybridized carbons (Fsp3) is 0.500. The van der Waals surface area contributed by atoms with Gasteiger partial charge in [0.25, 0.3) is 0 Å². The molecule has 0 fully saturated rings. The molecule has 2 N–H and O–H groups in total. The van der Waals surface area contributed by atoms with Gasteiger partial charge in [0, 0.05) is 13.0 Å². The third kappa shape index (κ3) is 2.28. The minimum Gasteiger partial charge on any atom is -0.486 e. The van der Waals surface area contributed by atoms with E-state index in [1.54, 1.807) is 18.2 Å². The maximum absolute atomic E-state index is 9.73. The van der Waals surface area contributed by atoms with Gasteiger partial charge in [0.1, 0.15) is 12.7 Å². The lowest BCUT2D eigenvalue weighted by atomic mass is 10.1. The molecule has 0 saturated heterocycles. The van der Waals surface area contributed by atoms with Crippen LogP contribution in [-0.2, 0) is 0 Å². The predicted molar refractivity (Wildman–Crippen MR) is 58.7 cm³/mol. The first-order valence-corrected chi connectivity index (χ1v) is 5.43. The standard InChI is InChI=1S/C12H16O4/c1-8-7-15-11-3-2-9(6-12(11)16-8)10(14)4-5-13/h2-3,6,8,10,13-14H,4-5,7H2,1H3/t8-,10-/m0/s1. The molecular weight excluding hydrogens is 208 g/mol.